The number of urea groups is 2. The Hall–Kier alpha value is -1.81. The summed E-state index contributed by atoms with van der Waals surface area (Å²) in [5.41, 5.74) is 0. The second-order valence-corrected chi connectivity index (χ2v) is 10.9. The summed E-state index contributed by atoms with van der Waals surface area (Å²) in [5.74, 6) is 0.223. The Balaban J connectivity index is 1.56. The van der Waals surface area contributed by atoms with Crippen LogP contribution in [-0.2, 0) is 4.79 Å². The molecule has 3 rings (SSSR count). The van der Waals surface area contributed by atoms with Gasteiger partial charge in [0.15, 0.2) is 5.13 Å². The van der Waals surface area contributed by atoms with Crippen LogP contribution in [0.1, 0.15) is 64.7 Å². The molecule has 31 heavy (non-hydrogen) atoms. The molecule has 0 aromatic carbocycles. The number of aromatic nitrogens is 1. The quantitative estimate of drug-likeness (QED) is 0.484. The number of anilines is 1. The van der Waals surface area contributed by atoms with Crippen LogP contribution in [0.4, 0.5) is 14.7 Å². The summed E-state index contributed by atoms with van der Waals surface area (Å²) in [5, 5.41) is 14.2. The van der Waals surface area contributed by atoms with Crippen LogP contribution in [0, 0.1) is 11.8 Å². The van der Waals surface area contributed by atoms with Gasteiger partial charge < -0.3 is 10.0 Å². The number of nitrogens with zero attached hydrogens (tertiary/aromatic N) is 2. The number of hydrogen-bond acceptors (Lipinski definition) is 6. The second-order valence-electron chi connectivity index (χ2n) is 8.62. The molecule has 0 bridgehead atoms. The van der Waals surface area contributed by atoms with Gasteiger partial charge in [-0.2, -0.15) is 0 Å². The van der Waals surface area contributed by atoms with Crippen LogP contribution in [-0.4, -0.2) is 51.4 Å². The van der Waals surface area contributed by atoms with E-state index in [0.29, 0.717) is 27.7 Å². The number of nitrogens with one attached hydrogen (secondary N) is 2. The molecular formula is C21H32N4O4S2. The average molecular weight is 469 g/mol. The topological polar surface area (TPSA) is 112 Å². The summed E-state index contributed by atoms with van der Waals surface area (Å²) in [6, 6.07) is -0.753. The van der Waals surface area contributed by atoms with E-state index < -0.39 is 12.0 Å². The van der Waals surface area contributed by atoms with Crippen LogP contribution in [0.3, 0.4) is 0 Å². The number of hydrogen-bond donors (Lipinski definition) is 3. The Kier molecular flexibility index (Phi) is 9.01. The Morgan fingerprint density at radius 1 is 1.16 bits per heavy atom. The van der Waals surface area contributed by atoms with E-state index in [0.717, 1.165) is 50.3 Å². The largest absolute Gasteiger partial charge is 0.481 e. The standard InChI is InChI=1S/C21H32N4O4S2/c1-14-7-9-16(10-8-14)25(12-15-5-3-2-4-6-15)21(29)24-19(28)23-20-22-11-18(31-20)30-13-17(26)27/h11,14-16H,2-10,12-13H2,1H3,(H,26,27)(H2,22,23,24,28,29)/t14-,16-. The van der Waals surface area contributed by atoms with Crippen LogP contribution >= 0.6 is 23.1 Å². The number of carboxylic acids is 1. The van der Waals surface area contributed by atoms with Gasteiger partial charge in [-0.25, -0.2) is 14.6 Å². The van der Waals surface area contributed by atoms with Crippen molar-refractivity contribution in [3.63, 3.8) is 0 Å². The van der Waals surface area contributed by atoms with Gasteiger partial charge >= 0.3 is 18.0 Å². The van der Waals surface area contributed by atoms with Gasteiger partial charge in [0.2, 0.25) is 0 Å². The van der Waals surface area contributed by atoms with E-state index in [1.807, 2.05) is 4.90 Å². The van der Waals surface area contributed by atoms with Crippen LogP contribution in [0.25, 0.3) is 0 Å². The third-order valence-electron chi connectivity index (χ3n) is 6.13. The highest BCUT2D eigenvalue weighted by molar-refractivity contribution is 8.01. The van der Waals surface area contributed by atoms with Gasteiger partial charge in [-0.15, -0.1) is 11.8 Å². The fourth-order valence-electron chi connectivity index (χ4n) is 4.41. The van der Waals surface area contributed by atoms with Crippen LogP contribution in [0.15, 0.2) is 10.4 Å². The summed E-state index contributed by atoms with van der Waals surface area (Å²) in [4.78, 5) is 42.1. The SMILES string of the molecule is C[C@H]1CC[C@H](N(CC2CCCCC2)C(=O)NC(=O)Nc2ncc(SCC(=O)O)s2)CC1. The third kappa shape index (κ3) is 7.68. The summed E-state index contributed by atoms with van der Waals surface area (Å²) in [6.45, 7) is 2.97. The molecule has 0 saturated heterocycles. The summed E-state index contributed by atoms with van der Waals surface area (Å²) in [7, 11) is 0. The number of imide groups is 1. The lowest BCUT2D eigenvalue weighted by Crippen LogP contribution is -2.51. The van der Waals surface area contributed by atoms with E-state index in [2.05, 4.69) is 22.5 Å². The van der Waals surface area contributed by atoms with E-state index in [9.17, 15) is 14.4 Å². The van der Waals surface area contributed by atoms with Gasteiger partial charge in [-0.1, -0.05) is 37.5 Å². The van der Waals surface area contributed by atoms with Crippen molar-refractivity contribution in [3.8, 4) is 0 Å². The zero-order valence-electron chi connectivity index (χ0n) is 18.0. The molecule has 1 heterocycles. The maximum absolute atomic E-state index is 13.0. The molecule has 0 spiro atoms. The first-order chi connectivity index (χ1) is 14.9. The molecule has 2 saturated carbocycles. The first kappa shape index (κ1) is 23.8. The van der Waals surface area contributed by atoms with E-state index in [1.165, 1.54) is 36.8 Å². The van der Waals surface area contributed by atoms with E-state index in [-0.39, 0.29) is 17.8 Å². The van der Waals surface area contributed by atoms with Gasteiger partial charge in [0.1, 0.15) is 0 Å². The lowest BCUT2D eigenvalue weighted by molar-refractivity contribution is -0.133. The molecular weight excluding hydrogens is 436 g/mol. The number of carboxylic acid groups (broad SMARTS) is 1. The van der Waals surface area contributed by atoms with Crippen molar-refractivity contribution in [1.29, 1.82) is 0 Å². The van der Waals surface area contributed by atoms with Gasteiger partial charge in [-0.3, -0.25) is 15.4 Å². The number of rotatable bonds is 7. The van der Waals surface area contributed by atoms with Gasteiger partial charge in [0, 0.05) is 12.6 Å². The molecule has 0 atom stereocenters. The zero-order chi connectivity index (χ0) is 22.2. The lowest BCUT2D eigenvalue weighted by atomic mass is 9.85. The van der Waals surface area contributed by atoms with Crippen molar-refractivity contribution < 1.29 is 19.5 Å². The highest BCUT2D eigenvalue weighted by Crippen LogP contribution is 2.31. The van der Waals surface area contributed by atoms with Crippen LogP contribution in [0.5, 0.6) is 0 Å². The smallest absolute Gasteiger partial charge is 0.329 e. The number of amides is 4. The average Bonchev–Trinajstić information content (AvgIpc) is 3.19. The molecule has 1 aromatic rings. The summed E-state index contributed by atoms with van der Waals surface area (Å²) < 4.78 is 0.694. The van der Waals surface area contributed by atoms with Gasteiger partial charge in [0.05, 0.1) is 16.2 Å². The Bertz CT molecular complexity index is 758. The van der Waals surface area contributed by atoms with Crippen LogP contribution < -0.4 is 10.6 Å². The van der Waals surface area contributed by atoms with Crippen LogP contribution in [0.2, 0.25) is 0 Å². The third-order valence-corrected chi connectivity index (χ3v) is 8.22. The fraction of sp³-hybridized carbons (Fsp3) is 0.714. The predicted octanol–water partition coefficient (Wildman–Crippen LogP) is 5.02. The number of carbonyl (C=O) groups is 3. The Morgan fingerprint density at radius 2 is 1.87 bits per heavy atom. The zero-order valence-corrected chi connectivity index (χ0v) is 19.6. The molecule has 4 amide bonds. The van der Waals surface area contributed by atoms with Crippen molar-refractivity contribution in [1.82, 2.24) is 15.2 Å². The van der Waals surface area contributed by atoms with Crippen molar-refractivity contribution in [2.45, 2.75) is 75.0 Å². The molecule has 0 radical (unpaired) electrons. The second kappa shape index (κ2) is 11.7. The molecule has 2 fully saturated rings. The van der Waals surface area contributed by atoms with Gasteiger partial charge in [-0.05, 0) is 50.4 Å². The monoisotopic (exact) mass is 468 g/mol. The lowest BCUT2D eigenvalue weighted by Gasteiger charge is -2.38. The normalized spacial score (nSPS) is 22.0. The van der Waals surface area contributed by atoms with Crippen molar-refractivity contribution in [2.24, 2.45) is 11.8 Å². The van der Waals surface area contributed by atoms with E-state index in [1.54, 1.807) is 0 Å². The van der Waals surface area contributed by atoms with Crippen molar-refractivity contribution in [2.75, 3.05) is 17.6 Å². The highest BCUT2D eigenvalue weighted by Gasteiger charge is 2.31. The fourth-order valence-corrected chi connectivity index (χ4v) is 6.00. The van der Waals surface area contributed by atoms with Crippen molar-refractivity contribution in [3.05, 3.63) is 6.20 Å². The minimum absolute atomic E-state index is 0.0670. The molecule has 172 valence electrons. The first-order valence-corrected chi connectivity index (χ1v) is 12.9. The highest BCUT2D eigenvalue weighted by atomic mass is 32.2. The molecule has 2 aliphatic carbocycles. The molecule has 1 aromatic heterocycles. The number of thioether (sulfide) groups is 1. The molecule has 3 N–H and O–H groups in total. The minimum atomic E-state index is -0.911. The molecule has 2 aliphatic rings. The molecule has 10 heteroatoms. The summed E-state index contributed by atoms with van der Waals surface area (Å²) in [6.07, 6.45) is 11.7. The number of thiazole rings is 1. The first-order valence-electron chi connectivity index (χ1n) is 11.1. The molecule has 8 nitrogen and oxygen atoms in total. The van der Waals surface area contributed by atoms with Crippen molar-refractivity contribution >= 4 is 46.3 Å². The predicted molar refractivity (Wildman–Crippen MR) is 123 cm³/mol. The Labute approximate surface area is 191 Å². The maximum Gasteiger partial charge on any atom is 0.329 e. The number of aliphatic carboxylic acids is 1. The maximum atomic E-state index is 13.0. The molecule has 0 unspecified atom stereocenters. The van der Waals surface area contributed by atoms with E-state index >= 15 is 0 Å². The summed E-state index contributed by atoms with van der Waals surface area (Å²) >= 11 is 2.33. The van der Waals surface area contributed by atoms with Gasteiger partial charge in [0.25, 0.3) is 0 Å². The number of carbonyl (C=O) groups excluding carboxylic acids is 2. The Morgan fingerprint density at radius 3 is 2.55 bits per heavy atom. The van der Waals surface area contributed by atoms with E-state index in [4.69, 9.17) is 5.11 Å². The molecule has 0 aliphatic heterocycles. The minimum Gasteiger partial charge on any atom is -0.481 e.